The predicted molar refractivity (Wildman–Crippen MR) is 113 cm³/mol. The number of imidazole rings is 1. The molecule has 8 heteroatoms. The van der Waals surface area contributed by atoms with Crippen LogP contribution < -0.4 is 11.1 Å². The molecular formula is C22H19N7O. The molecule has 148 valence electrons. The van der Waals surface area contributed by atoms with E-state index in [1.807, 2.05) is 28.9 Å². The van der Waals surface area contributed by atoms with Crippen molar-refractivity contribution in [1.82, 2.24) is 19.4 Å². The van der Waals surface area contributed by atoms with Crippen LogP contribution in [0.15, 0.2) is 61.2 Å². The Hall–Kier alpha value is -4.25. The quantitative estimate of drug-likeness (QED) is 0.462. The third-order valence-electron chi connectivity index (χ3n) is 4.67. The average molecular weight is 397 g/mol. The van der Waals surface area contributed by atoms with Crippen molar-refractivity contribution in [2.24, 2.45) is 5.73 Å². The van der Waals surface area contributed by atoms with Crippen molar-refractivity contribution in [1.29, 1.82) is 5.26 Å². The maximum absolute atomic E-state index is 11.5. The van der Waals surface area contributed by atoms with E-state index in [9.17, 15) is 4.79 Å². The fourth-order valence-corrected chi connectivity index (χ4v) is 3.14. The van der Waals surface area contributed by atoms with Crippen LogP contribution in [0.1, 0.15) is 28.0 Å². The van der Waals surface area contributed by atoms with E-state index in [1.165, 1.54) is 0 Å². The zero-order valence-corrected chi connectivity index (χ0v) is 16.1. The summed E-state index contributed by atoms with van der Waals surface area (Å²) in [6, 6.07) is 12.8. The number of nitrogens with two attached hydrogens (primary N) is 1. The van der Waals surface area contributed by atoms with Gasteiger partial charge in [-0.2, -0.15) is 5.26 Å². The molecule has 0 aliphatic heterocycles. The van der Waals surface area contributed by atoms with Crippen LogP contribution >= 0.6 is 0 Å². The first-order valence-corrected chi connectivity index (χ1v) is 9.47. The third kappa shape index (κ3) is 4.10. The van der Waals surface area contributed by atoms with Crippen LogP contribution in [-0.4, -0.2) is 31.8 Å². The molecule has 0 fully saturated rings. The van der Waals surface area contributed by atoms with Crippen LogP contribution in [-0.2, 0) is 6.42 Å². The lowest BCUT2D eigenvalue weighted by Gasteiger charge is -2.10. The summed E-state index contributed by atoms with van der Waals surface area (Å²) in [6.07, 6.45) is 8.64. The molecule has 0 bridgehead atoms. The Kier molecular flexibility index (Phi) is 5.35. The highest BCUT2D eigenvalue weighted by Crippen LogP contribution is 2.23. The molecule has 3 N–H and O–H groups in total. The van der Waals surface area contributed by atoms with E-state index in [2.05, 4.69) is 21.4 Å². The first-order chi connectivity index (χ1) is 14.6. The van der Waals surface area contributed by atoms with Gasteiger partial charge < -0.3 is 15.5 Å². The second kappa shape index (κ2) is 8.41. The van der Waals surface area contributed by atoms with Crippen LogP contribution in [0, 0.1) is 11.3 Å². The fourth-order valence-electron chi connectivity index (χ4n) is 3.14. The Morgan fingerprint density at radius 3 is 2.90 bits per heavy atom. The largest absolute Gasteiger partial charge is 0.367 e. The maximum atomic E-state index is 11.5. The first-order valence-electron chi connectivity index (χ1n) is 9.47. The van der Waals surface area contributed by atoms with Crippen LogP contribution in [0.4, 0.5) is 5.82 Å². The standard InChI is InChI=1S/C22H19N7O/c23-12-15-6-7-18(27-13-15)5-2-8-25-21-22-26-9-10-29(22)14-19(28-21)16-3-1-4-17(11-16)20(24)30/h1,3-4,6-7,9-11,13-14H,2,5,8H2,(H2,24,30)(H,25,28). The van der Waals surface area contributed by atoms with Gasteiger partial charge in [0.25, 0.3) is 0 Å². The number of hydrogen-bond donors (Lipinski definition) is 2. The number of primary amides is 1. The summed E-state index contributed by atoms with van der Waals surface area (Å²) in [6.45, 7) is 0.683. The molecule has 3 heterocycles. The highest BCUT2D eigenvalue weighted by molar-refractivity contribution is 5.94. The lowest BCUT2D eigenvalue weighted by Crippen LogP contribution is -2.11. The number of fused-ring (bicyclic) bond motifs is 1. The van der Waals surface area contributed by atoms with Gasteiger partial charge in [0.15, 0.2) is 11.5 Å². The summed E-state index contributed by atoms with van der Waals surface area (Å²) >= 11 is 0. The van der Waals surface area contributed by atoms with Gasteiger partial charge in [0, 0.05) is 48.2 Å². The number of carbonyl (C=O) groups excluding carboxylic acids is 1. The molecule has 1 amide bonds. The van der Waals surface area contributed by atoms with Crippen molar-refractivity contribution in [3.8, 4) is 17.3 Å². The molecule has 0 aliphatic carbocycles. The van der Waals surface area contributed by atoms with Gasteiger partial charge in [-0.1, -0.05) is 12.1 Å². The summed E-state index contributed by atoms with van der Waals surface area (Å²) in [5.74, 6) is 0.185. The summed E-state index contributed by atoms with van der Waals surface area (Å²) < 4.78 is 1.89. The molecular weight excluding hydrogens is 378 g/mol. The number of nitrogens with one attached hydrogen (secondary N) is 1. The van der Waals surface area contributed by atoms with Crippen LogP contribution in [0.25, 0.3) is 16.9 Å². The van der Waals surface area contributed by atoms with E-state index in [1.54, 1.807) is 36.7 Å². The molecule has 3 aromatic heterocycles. The highest BCUT2D eigenvalue weighted by Gasteiger charge is 2.10. The van der Waals surface area contributed by atoms with E-state index in [0.717, 1.165) is 29.7 Å². The number of pyridine rings is 1. The van der Waals surface area contributed by atoms with Crippen LogP contribution in [0.3, 0.4) is 0 Å². The topological polar surface area (TPSA) is 122 Å². The highest BCUT2D eigenvalue weighted by atomic mass is 16.1. The number of aryl methyl sites for hydroxylation is 1. The van der Waals surface area contributed by atoms with Crippen molar-refractivity contribution < 1.29 is 4.79 Å². The fraction of sp³-hybridized carbons (Fsp3) is 0.136. The molecule has 1 aromatic carbocycles. The van der Waals surface area contributed by atoms with Crippen molar-refractivity contribution in [3.63, 3.8) is 0 Å². The summed E-state index contributed by atoms with van der Waals surface area (Å²) in [5.41, 5.74) is 9.56. The molecule has 4 rings (SSSR count). The van der Waals surface area contributed by atoms with E-state index >= 15 is 0 Å². The molecule has 8 nitrogen and oxygen atoms in total. The average Bonchev–Trinajstić information content (AvgIpc) is 3.26. The number of carbonyl (C=O) groups is 1. The second-order valence-electron chi connectivity index (χ2n) is 6.76. The molecule has 0 aliphatic rings. The molecule has 4 aromatic rings. The van der Waals surface area contributed by atoms with Gasteiger partial charge >= 0.3 is 0 Å². The number of anilines is 1. The predicted octanol–water partition coefficient (Wildman–Crippen LogP) is 2.81. The molecule has 0 spiro atoms. The summed E-state index contributed by atoms with van der Waals surface area (Å²) in [5, 5.41) is 12.2. The molecule has 0 atom stereocenters. The van der Waals surface area contributed by atoms with Crippen molar-refractivity contribution >= 4 is 17.4 Å². The Balaban J connectivity index is 1.51. The lowest BCUT2D eigenvalue weighted by atomic mass is 10.1. The van der Waals surface area contributed by atoms with Gasteiger partial charge in [0.1, 0.15) is 6.07 Å². The summed E-state index contributed by atoms with van der Waals surface area (Å²) in [7, 11) is 0. The Bertz CT molecular complexity index is 1240. The smallest absolute Gasteiger partial charge is 0.248 e. The Morgan fingerprint density at radius 2 is 2.13 bits per heavy atom. The monoisotopic (exact) mass is 397 g/mol. The van der Waals surface area contributed by atoms with Gasteiger partial charge in [-0.25, -0.2) is 9.97 Å². The Morgan fingerprint density at radius 1 is 1.23 bits per heavy atom. The van der Waals surface area contributed by atoms with Gasteiger partial charge in [0.05, 0.1) is 11.3 Å². The SMILES string of the molecule is N#Cc1ccc(CCCNc2nc(-c3cccc(C(N)=O)c3)cn3ccnc23)nc1. The second-order valence-corrected chi connectivity index (χ2v) is 6.76. The van der Waals surface area contributed by atoms with Crippen molar-refractivity contribution in [2.45, 2.75) is 12.8 Å². The zero-order valence-electron chi connectivity index (χ0n) is 16.1. The van der Waals surface area contributed by atoms with Gasteiger partial charge in [-0.15, -0.1) is 0 Å². The number of rotatable bonds is 7. The minimum atomic E-state index is -0.477. The van der Waals surface area contributed by atoms with E-state index in [4.69, 9.17) is 16.0 Å². The normalized spacial score (nSPS) is 10.6. The minimum absolute atomic E-state index is 0.435. The van der Waals surface area contributed by atoms with Crippen LogP contribution in [0.2, 0.25) is 0 Å². The summed E-state index contributed by atoms with van der Waals surface area (Å²) in [4.78, 5) is 24.9. The number of benzene rings is 1. The zero-order chi connectivity index (χ0) is 20.9. The number of nitriles is 1. The Labute approximate surface area is 173 Å². The number of nitrogens with zero attached hydrogens (tertiary/aromatic N) is 5. The maximum Gasteiger partial charge on any atom is 0.248 e. The van der Waals surface area contributed by atoms with Crippen molar-refractivity contribution in [2.75, 3.05) is 11.9 Å². The lowest BCUT2D eigenvalue weighted by molar-refractivity contribution is 0.100. The molecule has 30 heavy (non-hydrogen) atoms. The third-order valence-corrected chi connectivity index (χ3v) is 4.67. The number of amides is 1. The minimum Gasteiger partial charge on any atom is -0.367 e. The number of aromatic nitrogens is 4. The van der Waals surface area contributed by atoms with Gasteiger partial charge in [-0.05, 0) is 37.1 Å². The van der Waals surface area contributed by atoms with Gasteiger partial charge in [-0.3, -0.25) is 9.78 Å². The molecule has 0 unspecified atom stereocenters. The first kappa shape index (κ1) is 19.1. The van der Waals surface area contributed by atoms with Crippen molar-refractivity contribution in [3.05, 3.63) is 78.0 Å². The van der Waals surface area contributed by atoms with E-state index < -0.39 is 5.91 Å². The van der Waals surface area contributed by atoms with Gasteiger partial charge in [0.2, 0.25) is 5.91 Å². The van der Waals surface area contributed by atoms with E-state index in [0.29, 0.717) is 29.2 Å². The van der Waals surface area contributed by atoms with Crippen LogP contribution in [0.5, 0.6) is 0 Å². The molecule has 0 saturated heterocycles. The number of hydrogen-bond acceptors (Lipinski definition) is 6. The molecule has 0 radical (unpaired) electrons. The molecule has 0 saturated carbocycles. The van der Waals surface area contributed by atoms with E-state index in [-0.39, 0.29) is 0 Å².